The Bertz CT molecular complexity index is 426. The van der Waals surface area contributed by atoms with Crippen molar-refractivity contribution in [3.63, 3.8) is 0 Å². The number of benzene rings is 1. The molecule has 0 saturated carbocycles. The molecule has 0 aliphatic rings. The highest BCUT2D eigenvalue weighted by Crippen LogP contribution is 2.06. The second-order valence-electron chi connectivity index (χ2n) is 3.50. The third kappa shape index (κ3) is 3.72. The zero-order valence-corrected chi connectivity index (χ0v) is 10.1. The van der Waals surface area contributed by atoms with E-state index in [1.54, 1.807) is 33.2 Å². The van der Waals surface area contributed by atoms with Crippen molar-refractivity contribution < 1.29 is 9.50 Å². The summed E-state index contributed by atoms with van der Waals surface area (Å²) in [6.07, 6.45) is -0.813. The Balaban J connectivity index is 2.98. The van der Waals surface area contributed by atoms with Gasteiger partial charge in [-0.1, -0.05) is 0 Å². The van der Waals surface area contributed by atoms with Crippen molar-refractivity contribution in [2.75, 3.05) is 14.1 Å². The molecular formula is C12H16FN3O. The summed E-state index contributed by atoms with van der Waals surface area (Å²) in [6.45, 7) is 1.69. The van der Waals surface area contributed by atoms with Gasteiger partial charge in [0.25, 0.3) is 0 Å². The fourth-order valence-electron chi connectivity index (χ4n) is 1.28. The molecule has 0 aromatic heterocycles. The quantitative estimate of drug-likeness (QED) is 0.471. The van der Waals surface area contributed by atoms with Crippen LogP contribution in [0.3, 0.4) is 0 Å². The highest BCUT2D eigenvalue weighted by atomic mass is 19.1. The first kappa shape index (κ1) is 13.5. The summed E-state index contributed by atoms with van der Waals surface area (Å²) < 4.78 is 12.8. The van der Waals surface area contributed by atoms with Crippen LogP contribution < -0.4 is 5.32 Å². The minimum atomic E-state index is -0.813. The molecule has 17 heavy (non-hydrogen) atoms. The lowest BCUT2D eigenvalue weighted by Gasteiger charge is -2.09. The predicted octanol–water partition coefficient (Wildman–Crippen LogP) is 1.20. The number of halogens is 1. The molecule has 0 fully saturated rings. The van der Waals surface area contributed by atoms with E-state index in [-0.39, 0.29) is 5.82 Å². The topological polar surface area (TPSA) is 57.0 Å². The molecular weight excluding hydrogens is 221 g/mol. The van der Waals surface area contributed by atoms with Crippen LogP contribution in [0.1, 0.15) is 12.5 Å². The molecule has 0 aliphatic heterocycles. The molecule has 4 nitrogen and oxygen atoms in total. The van der Waals surface area contributed by atoms with E-state index in [1.807, 2.05) is 0 Å². The Kier molecular flexibility index (Phi) is 4.93. The van der Waals surface area contributed by atoms with Gasteiger partial charge in [0.05, 0.1) is 5.71 Å². The first-order valence-corrected chi connectivity index (χ1v) is 5.21. The average Bonchev–Trinajstić information content (AvgIpc) is 2.35. The molecule has 0 heterocycles. The van der Waals surface area contributed by atoms with Gasteiger partial charge in [0, 0.05) is 12.6 Å². The second kappa shape index (κ2) is 6.22. The Morgan fingerprint density at radius 1 is 1.35 bits per heavy atom. The molecule has 0 saturated heterocycles. The van der Waals surface area contributed by atoms with Gasteiger partial charge in [-0.15, -0.1) is 0 Å². The van der Waals surface area contributed by atoms with E-state index in [2.05, 4.69) is 15.3 Å². The van der Waals surface area contributed by atoms with Crippen LogP contribution in [-0.2, 0) is 0 Å². The second-order valence-corrected chi connectivity index (χ2v) is 3.50. The number of aliphatic hydroxyl groups is 1. The van der Waals surface area contributed by atoms with E-state index in [0.29, 0.717) is 17.1 Å². The number of aliphatic hydroxyl groups excluding tert-OH is 1. The lowest BCUT2D eigenvalue weighted by Crippen LogP contribution is -2.32. The summed E-state index contributed by atoms with van der Waals surface area (Å²) >= 11 is 0. The van der Waals surface area contributed by atoms with Crippen LogP contribution in [0.2, 0.25) is 0 Å². The molecule has 1 aromatic rings. The Labute approximate surface area is 99.9 Å². The smallest absolute Gasteiger partial charge is 0.154 e. The van der Waals surface area contributed by atoms with Crippen LogP contribution in [0.15, 0.2) is 34.3 Å². The maximum absolute atomic E-state index is 12.8. The van der Waals surface area contributed by atoms with Crippen molar-refractivity contribution in [2.45, 2.75) is 13.2 Å². The Hall–Kier alpha value is -1.59. The van der Waals surface area contributed by atoms with Crippen LogP contribution in [0.5, 0.6) is 0 Å². The van der Waals surface area contributed by atoms with Gasteiger partial charge in [-0.05, 0) is 38.2 Å². The first-order valence-electron chi connectivity index (χ1n) is 5.21. The number of hydrogen-bond acceptors (Lipinski definition) is 3. The van der Waals surface area contributed by atoms with Crippen molar-refractivity contribution in [3.05, 3.63) is 35.6 Å². The molecule has 1 rings (SSSR count). The van der Waals surface area contributed by atoms with Gasteiger partial charge in [0.1, 0.15) is 12.0 Å². The highest BCUT2D eigenvalue weighted by molar-refractivity contribution is 6.07. The van der Waals surface area contributed by atoms with E-state index < -0.39 is 6.23 Å². The van der Waals surface area contributed by atoms with Crippen LogP contribution >= 0.6 is 0 Å². The largest absolute Gasteiger partial charge is 0.373 e. The van der Waals surface area contributed by atoms with E-state index >= 15 is 0 Å². The van der Waals surface area contributed by atoms with Crippen molar-refractivity contribution in [1.82, 2.24) is 5.32 Å². The summed E-state index contributed by atoms with van der Waals surface area (Å²) in [5.74, 6) is 0.150. The van der Waals surface area contributed by atoms with Crippen molar-refractivity contribution in [2.24, 2.45) is 9.98 Å². The lowest BCUT2D eigenvalue weighted by atomic mass is 10.2. The number of amidine groups is 1. The molecule has 0 bridgehead atoms. The van der Waals surface area contributed by atoms with Crippen molar-refractivity contribution in [1.29, 1.82) is 0 Å². The van der Waals surface area contributed by atoms with Crippen LogP contribution in [0.4, 0.5) is 4.39 Å². The van der Waals surface area contributed by atoms with Crippen LogP contribution in [0, 0.1) is 5.82 Å². The van der Waals surface area contributed by atoms with E-state index in [0.717, 1.165) is 0 Å². The highest BCUT2D eigenvalue weighted by Gasteiger charge is 2.07. The Morgan fingerprint density at radius 2 is 1.94 bits per heavy atom. The number of nitrogens with zero attached hydrogens (tertiary/aromatic N) is 2. The average molecular weight is 237 g/mol. The normalized spacial score (nSPS) is 14.9. The van der Waals surface area contributed by atoms with Crippen molar-refractivity contribution >= 4 is 11.5 Å². The Morgan fingerprint density at radius 3 is 2.41 bits per heavy atom. The van der Waals surface area contributed by atoms with Gasteiger partial charge in [-0.25, -0.2) is 9.38 Å². The molecule has 1 unspecified atom stereocenters. The number of nitrogens with one attached hydrogen (secondary N) is 1. The summed E-state index contributed by atoms with van der Waals surface area (Å²) in [6, 6.07) is 5.89. The number of aliphatic imine (C=N–C) groups is 2. The van der Waals surface area contributed by atoms with E-state index in [1.165, 1.54) is 12.1 Å². The van der Waals surface area contributed by atoms with Gasteiger partial charge in [-0.2, -0.15) is 0 Å². The van der Waals surface area contributed by atoms with E-state index in [4.69, 9.17) is 0 Å². The van der Waals surface area contributed by atoms with Crippen LogP contribution in [0.25, 0.3) is 0 Å². The van der Waals surface area contributed by atoms with Gasteiger partial charge in [0.15, 0.2) is 5.84 Å². The van der Waals surface area contributed by atoms with Gasteiger partial charge >= 0.3 is 0 Å². The molecule has 0 spiro atoms. The van der Waals surface area contributed by atoms with Gasteiger partial charge in [-0.3, -0.25) is 10.3 Å². The third-order valence-corrected chi connectivity index (χ3v) is 2.27. The zero-order chi connectivity index (χ0) is 12.8. The van der Waals surface area contributed by atoms with Gasteiger partial charge in [0.2, 0.25) is 0 Å². The molecule has 92 valence electrons. The third-order valence-electron chi connectivity index (χ3n) is 2.27. The fourth-order valence-corrected chi connectivity index (χ4v) is 1.28. The molecule has 5 heteroatoms. The van der Waals surface area contributed by atoms with Gasteiger partial charge < -0.3 is 5.11 Å². The first-order chi connectivity index (χ1) is 8.08. The monoisotopic (exact) mass is 237 g/mol. The molecule has 2 N–H and O–H groups in total. The zero-order valence-electron chi connectivity index (χ0n) is 10.1. The molecule has 1 aromatic carbocycles. The maximum Gasteiger partial charge on any atom is 0.154 e. The van der Waals surface area contributed by atoms with Crippen molar-refractivity contribution in [3.8, 4) is 0 Å². The summed E-state index contributed by atoms with van der Waals surface area (Å²) in [5, 5.41) is 12.2. The maximum atomic E-state index is 12.8. The lowest BCUT2D eigenvalue weighted by molar-refractivity contribution is 0.213. The number of hydrogen-bond donors (Lipinski definition) is 2. The standard InChI is InChI=1S/C12H16FN3O/c1-8(12(17)15-3)16-11(14-2)9-4-6-10(13)7-5-9/h4-7,12,15,17H,1-3H3/b14-11-,16-8+. The molecule has 0 radical (unpaired) electrons. The fraction of sp³-hybridized carbons (Fsp3) is 0.333. The summed E-state index contributed by atoms with van der Waals surface area (Å²) in [7, 11) is 3.23. The molecule has 0 amide bonds. The van der Waals surface area contributed by atoms with E-state index in [9.17, 15) is 9.50 Å². The SMILES string of the molecule is C/N=C(\N=C(/C)C(O)NC)c1ccc(F)cc1. The predicted molar refractivity (Wildman–Crippen MR) is 67.0 cm³/mol. The summed E-state index contributed by atoms with van der Waals surface area (Å²) in [4.78, 5) is 8.21. The minimum absolute atomic E-state index is 0.305. The number of rotatable bonds is 3. The minimum Gasteiger partial charge on any atom is -0.373 e. The molecule has 0 aliphatic carbocycles. The summed E-state index contributed by atoms with van der Waals surface area (Å²) in [5.41, 5.74) is 1.20. The van der Waals surface area contributed by atoms with Crippen LogP contribution in [-0.4, -0.2) is 37.0 Å². The molecule has 1 atom stereocenters.